The summed E-state index contributed by atoms with van der Waals surface area (Å²) in [4.78, 5) is 14.1. The lowest BCUT2D eigenvalue weighted by atomic mass is 9.58. The summed E-state index contributed by atoms with van der Waals surface area (Å²) < 4.78 is 4.78. The van der Waals surface area contributed by atoms with Gasteiger partial charge in [0.15, 0.2) is 5.41 Å². The molecule has 4 rings (SSSR count). The number of fused-ring (bicyclic) bond motifs is 1. The van der Waals surface area contributed by atoms with Crippen LogP contribution < -0.4 is 5.73 Å². The fourth-order valence-corrected chi connectivity index (χ4v) is 5.03. The van der Waals surface area contributed by atoms with Crippen molar-refractivity contribution in [3.63, 3.8) is 0 Å². The molecule has 7 heteroatoms. The average molecular weight is 450 g/mol. The second-order valence-electron chi connectivity index (χ2n) is 8.47. The highest BCUT2D eigenvalue weighted by atomic mass is 16.5. The molecule has 168 valence electrons. The van der Waals surface area contributed by atoms with E-state index in [2.05, 4.69) is 35.2 Å². The predicted molar refractivity (Wildman–Crippen MR) is 124 cm³/mol. The third-order valence-electron chi connectivity index (χ3n) is 6.68. The fraction of sp³-hybridized carbons (Fsp3) is 0.259. The quantitative estimate of drug-likeness (QED) is 0.709. The van der Waals surface area contributed by atoms with Crippen molar-refractivity contribution in [3.05, 3.63) is 94.2 Å². The van der Waals surface area contributed by atoms with Crippen molar-refractivity contribution in [1.82, 2.24) is 4.90 Å². The maximum Gasteiger partial charge on any atom is 0.337 e. The number of nitrogens with zero attached hydrogens (tertiary/aromatic N) is 4. The van der Waals surface area contributed by atoms with Crippen molar-refractivity contribution in [2.24, 2.45) is 17.1 Å². The topological polar surface area (TPSA) is 127 Å². The van der Waals surface area contributed by atoms with Gasteiger partial charge in [-0.3, -0.25) is 4.90 Å². The van der Waals surface area contributed by atoms with Crippen LogP contribution >= 0.6 is 0 Å². The SMILES string of the molecule is COC(=O)c1ccc([C@H]2[C@H]3CN(Cc4ccccc4)CC=C3C(C#N)=C(N)C2(C#N)C#N)cc1. The van der Waals surface area contributed by atoms with Gasteiger partial charge in [-0.15, -0.1) is 0 Å². The zero-order chi connectivity index (χ0) is 24.3. The zero-order valence-corrected chi connectivity index (χ0v) is 18.7. The molecule has 1 heterocycles. The van der Waals surface area contributed by atoms with Crippen LogP contribution in [0.1, 0.15) is 27.4 Å². The Morgan fingerprint density at radius 2 is 1.79 bits per heavy atom. The summed E-state index contributed by atoms with van der Waals surface area (Å²) in [5.41, 5.74) is 7.85. The van der Waals surface area contributed by atoms with Crippen LogP contribution in [0.15, 0.2) is 77.5 Å². The lowest BCUT2D eigenvalue weighted by Crippen LogP contribution is -2.47. The number of rotatable bonds is 4. The first-order chi connectivity index (χ1) is 16.5. The first kappa shape index (κ1) is 22.8. The normalized spacial score (nSPS) is 21.3. The number of benzene rings is 2. The molecule has 0 saturated carbocycles. The highest BCUT2D eigenvalue weighted by molar-refractivity contribution is 5.89. The lowest BCUT2D eigenvalue weighted by Gasteiger charge is -2.45. The van der Waals surface area contributed by atoms with Crippen LogP contribution in [-0.4, -0.2) is 31.1 Å². The van der Waals surface area contributed by atoms with Gasteiger partial charge in [0.1, 0.15) is 6.07 Å². The first-order valence-corrected chi connectivity index (χ1v) is 10.9. The third-order valence-corrected chi connectivity index (χ3v) is 6.68. The predicted octanol–water partition coefficient (Wildman–Crippen LogP) is 3.40. The van der Waals surface area contributed by atoms with E-state index in [1.807, 2.05) is 24.3 Å². The molecule has 2 atom stereocenters. The van der Waals surface area contributed by atoms with Gasteiger partial charge in [0.2, 0.25) is 0 Å². The van der Waals surface area contributed by atoms with Crippen molar-refractivity contribution >= 4 is 5.97 Å². The van der Waals surface area contributed by atoms with Gasteiger partial charge < -0.3 is 10.5 Å². The number of hydrogen-bond donors (Lipinski definition) is 1. The van der Waals surface area contributed by atoms with Crippen LogP contribution in [0, 0.1) is 45.3 Å². The van der Waals surface area contributed by atoms with Crippen molar-refractivity contribution in [2.45, 2.75) is 12.5 Å². The Labute approximate surface area is 198 Å². The Bertz CT molecular complexity index is 1280. The molecule has 0 aromatic heterocycles. The highest BCUT2D eigenvalue weighted by Crippen LogP contribution is 2.54. The minimum Gasteiger partial charge on any atom is -0.465 e. The van der Waals surface area contributed by atoms with E-state index in [-0.39, 0.29) is 17.2 Å². The summed E-state index contributed by atoms with van der Waals surface area (Å²) in [6, 6.07) is 23.2. The Balaban J connectivity index is 1.82. The summed E-state index contributed by atoms with van der Waals surface area (Å²) in [5.74, 6) is -1.39. The summed E-state index contributed by atoms with van der Waals surface area (Å²) in [6.07, 6.45) is 1.98. The van der Waals surface area contributed by atoms with Crippen LogP contribution in [-0.2, 0) is 11.3 Å². The minimum absolute atomic E-state index is 0.0129. The van der Waals surface area contributed by atoms with Crippen LogP contribution in [0.3, 0.4) is 0 Å². The van der Waals surface area contributed by atoms with Crippen LogP contribution in [0.4, 0.5) is 0 Å². The van der Waals surface area contributed by atoms with Gasteiger partial charge in [0, 0.05) is 31.5 Å². The number of nitrogens with two attached hydrogens (primary N) is 1. The van der Waals surface area contributed by atoms with Crippen molar-refractivity contribution < 1.29 is 9.53 Å². The first-order valence-electron chi connectivity index (χ1n) is 10.9. The number of allylic oxidation sites excluding steroid dienone is 2. The largest absolute Gasteiger partial charge is 0.465 e. The van der Waals surface area contributed by atoms with Crippen molar-refractivity contribution in [3.8, 4) is 18.2 Å². The smallest absolute Gasteiger partial charge is 0.337 e. The summed E-state index contributed by atoms with van der Waals surface area (Å²) >= 11 is 0. The van der Waals surface area contributed by atoms with E-state index >= 15 is 0 Å². The van der Waals surface area contributed by atoms with E-state index in [0.717, 1.165) is 11.1 Å². The van der Waals surface area contributed by atoms with E-state index in [9.17, 15) is 20.6 Å². The van der Waals surface area contributed by atoms with Crippen molar-refractivity contribution in [1.29, 1.82) is 15.8 Å². The van der Waals surface area contributed by atoms with E-state index < -0.39 is 17.3 Å². The fourth-order valence-electron chi connectivity index (χ4n) is 5.03. The Morgan fingerprint density at radius 3 is 2.38 bits per heavy atom. The molecule has 0 unspecified atom stereocenters. The molecule has 0 saturated heterocycles. The second-order valence-corrected chi connectivity index (χ2v) is 8.47. The highest BCUT2D eigenvalue weighted by Gasteiger charge is 2.54. The molecule has 0 spiro atoms. The van der Waals surface area contributed by atoms with E-state index in [1.54, 1.807) is 24.3 Å². The van der Waals surface area contributed by atoms with Gasteiger partial charge in [-0.25, -0.2) is 4.79 Å². The van der Waals surface area contributed by atoms with Crippen LogP contribution in [0.5, 0.6) is 0 Å². The number of hydrogen-bond acceptors (Lipinski definition) is 7. The van der Waals surface area contributed by atoms with Gasteiger partial charge in [-0.05, 0) is 28.8 Å². The molecule has 2 N–H and O–H groups in total. The van der Waals surface area contributed by atoms with E-state index in [0.29, 0.717) is 30.8 Å². The number of nitriles is 3. The van der Waals surface area contributed by atoms with Gasteiger partial charge in [0.05, 0.1) is 36.1 Å². The molecule has 1 aliphatic carbocycles. The number of carbonyl (C=O) groups is 1. The third kappa shape index (κ3) is 3.71. The Kier molecular flexibility index (Phi) is 6.19. The molecule has 0 amide bonds. The Morgan fingerprint density at radius 1 is 1.12 bits per heavy atom. The molecule has 2 aliphatic rings. The Hall–Kier alpha value is -4.38. The zero-order valence-electron chi connectivity index (χ0n) is 18.7. The number of methoxy groups -OCH3 is 1. The van der Waals surface area contributed by atoms with E-state index in [1.165, 1.54) is 7.11 Å². The maximum atomic E-state index is 11.9. The molecule has 7 nitrogen and oxygen atoms in total. The molecule has 0 bridgehead atoms. The molecule has 0 fully saturated rings. The molecule has 2 aromatic carbocycles. The molecule has 2 aromatic rings. The van der Waals surface area contributed by atoms with Gasteiger partial charge >= 0.3 is 5.97 Å². The summed E-state index contributed by atoms with van der Waals surface area (Å²) in [5, 5.41) is 30.3. The average Bonchev–Trinajstić information content (AvgIpc) is 2.88. The van der Waals surface area contributed by atoms with E-state index in [4.69, 9.17) is 10.5 Å². The molecule has 1 aliphatic heterocycles. The molecule has 0 radical (unpaired) electrons. The monoisotopic (exact) mass is 449 g/mol. The molecular weight excluding hydrogens is 426 g/mol. The van der Waals surface area contributed by atoms with Gasteiger partial charge in [0.25, 0.3) is 0 Å². The number of ether oxygens (including phenoxy) is 1. The number of esters is 1. The minimum atomic E-state index is -1.71. The second kappa shape index (κ2) is 9.24. The lowest BCUT2D eigenvalue weighted by molar-refractivity contribution is 0.0600. The van der Waals surface area contributed by atoms with Crippen LogP contribution in [0.25, 0.3) is 0 Å². The number of carbonyl (C=O) groups excluding carboxylic acids is 1. The molecular formula is C27H23N5O2. The van der Waals surface area contributed by atoms with Crippen molar-refractivity contribution in [2.75, 3.05) is 20.2 Å². The maximum absolute atomic E-state index is 11.9. The molecule has 34 heavy (non-hydrogen) atoms. The van der Waals surface area contributed by atoms with Gasteiger partial charge in [-0.1, -0.05) is 48.5 Å². The standard InChI is InChI=1S/C27H23N5O2/c1-34-26(33)20-9-7-19(8-10-20)24-23-15-32(14-18-5-3-2-4-6-18)12-11-21(23)22(13-28)25(31)27(24,16-29)17-30/h2-11,23-24H,12,14-15,31H2,1H3/t23-,24-/m0/s1. The van der Waals surface area contributed by atoms with Crippen LogP contribution in [0.2, 0.25) is 0 Å². The van der Waals surface area contributed by atoms with Gasteiger partial charge in [-0.2, -0.15) is 15.8 Å². The summed E-state index contributed by atoms with van der Waals surface area (Å²) in [6.45, 7) is 1.87. The summed E-state index contributed by atoms with van der Waals surface area (Å²) in [7, 11) is 1.31.